The Morgan fingerprint density at radius 3 is 2.29 bits per heavy atom. The summed E-state index contributed by atoms with van der Waals surface area (Å²) in [6, 6.07) is 14.7. The van der Waals surface area contributed by atoms with Crippen molar-refractivity contribution in [1.82, 2.24) is 19.4 Å². The van der Waals surface area contributed by atoms with Crippen LogP contribution in [-0.4, -0.2) is 44.3 Å². The van der Waals surface area contributed by atoms with Crippen LogP contribution in [0.1, 0.15) is 50.6 Å². The lowest BCUT2D eigenvalue weighted by Gasteiger charge is -2.32. The van der Waals surface area contributed by atoms with Crippen LogP contribution in [0.5, 0.6) is 0 Å². The first kappa shape index (κ1) is 25.3. The Bertz CT molecular complexity index is 1420. The van der Waals surface area contributed by atoms with Crippen molar-refractivity contribution in [2.75, 3.05) is 18.4 Å². The molecule has 2 aromatic carbocycles. The van der Waals surface area contributed by atoms with Gasteiger partial charge in [-0.05, 0) is 48.6 Å². The van der Waals surface area contributed by atoms with Gasteiger partial charge in [0.05, 0.1) is 11.1 Å². The predicted octanol–water partition coefficient (Wildman–Crippen LogP) is 5.71. The zero-order chi connectivity index (χ0) is 26.9. The van der Waals surface area contributed by atoms with Crippen LogP contribution in [0.4, 0.5) is 18.9 Å². The van der Waals surface area contributed by atoms with Crippen LogP contribution in [-0.2, 0) is 13.2 Å². The van der Waals surface area contributed by atoms with Crippen molar-refractivity contribution >= 4 is 17.5 Å². The number of nitrogens with one attached hydrogen (secondary N) is 2. The number of halogens is 3. The Balaban J connectivity index is 1.17. The van der Waals surface area contributed by atoms with E-state index >= 15 is 0 Å². The lowest BCUT2D eigenvalue weighted by atomic mass is 9.89. The molecule has 0 unspecified atom stereocenters. The summed E-state index contributed by atoms with van der Waals surface area (Å²) in [6.45, 7) is 0.754. The highest BCUT2D eigenvalue weighted by atomic mass is 19.4. The molecule has 0 atom stereocenters. The number of hydrogen-bond donors (Lipinski definition) is 2. The van der Waals surface area contributed by atoms with Crippen molar-refractivity contribution in [1.29, 1.82) is 0 Å². The number of likely N-dealkylation sites (tertiary alicyclic amines) is 1. The third kappa shape index (κ3) is 5.34. The fourth-order valence-electron chi connectivity index (χ4n) is 4.81. The largest absolute Gasteiger partial charge is 0.418 e. The van der Waals surface area contributed by atoms with Gasteiger partial charge in [0.15, 0.2) is 0 Å². The third-order valence-electron chi connectivity index (χ3n) is 6.83. The van der Waals surface area contributed by atoms with Gasteiger partial charge >= 0.3 is 6.18 Å². The van der Waals surface area contributed by atoms with Crippen LogP contribution in [0.25, 0.3) is 11.4 Å². The summed E-state index contributed by atoms with van der Waals surface area (Å²) in [5.74, 6) is 0.0889. The number of rotatable bonds is 5. The monoisotopic (exact) mass is 521 g/mol. The molecule has 2 amide bonds. The number of aromatic nitrogens is 3. The summed E-state index contributed by atoms with van der Waals surface area (Å²) in [7, 11) is 1.47. The van der Waals surface area contributed by atoms with Crippen LogP contribution in [0.15, 0.2) is 73.3 Å². The summed E-state index contributed by atoms with van der Waals surface area (Å²) in [5.41, 5.74) is 1.91. The van der Waals surface area contributed by atoms with Gasteiger partial charge < -0.3 is 19.8 Å². The van der Waals surface area contributed by atoms with Crippen molar-refractivity contribution in [3.05, 3.63) is 95.6 Å². The SMILES string of the molecule is Cn1cc(C(=O)N2CCC(c3ccc(NC(=O)c4ccc(-c5ncc[nH]5)cc4)cc3)CC2)c(C(F)(F)F)c1. The van der Waals surface area contributed by atoms with Gasteiger partial charge in [-0.15, -0.1) is 0 Å². The molecule has 1 fully saturated rings. The summed E-state index contributed by atoms with van der Waals surface area (Å²) >= 11 is 0. The molecule has 2 N–H and O–H groups in total. The molecule has 0 bridgehead atoms. The highest BCUT2D eigenvalue weighted by molar-refractivity contribution is 6.04. The molecule has 0 aliphatic carbocycles. The standard InChI is InChI=1S/C28H26F3N5O2/c1-35-16-23(24(17-35)28(29,30)31)27(38)36-14-10-19(11-15-36)18-6-8-22(9-7-18)34-26(37)21-4-2-20(3-5-21)25-32-12-13-33-25/h2-9,12-13,16-17,19H,10-11,14-15H2,1H3,(H,32,33)(H,34,37). The Hall–Kier alpha value is -4.34. The number of carbonyl (C=O) groups excluding carboxylic acids is 2. The van der Waals surface area contributed by atoms with Crippen LogP contribution in [0.2, 0.25) is 0 Å². The fraction of sp³-hybridized carbons (Fsp3) is 0.250. The number of amides is 2. The normalized spacial score (nSPS) is 14.5. The first-order valence-electron chi connectivity index (χ1n) is 12.2. The number of anilines is 1. The minimum Gasteiger partial charge on any atom is -0.356 e. The van der Waals surface area contributed by atoms with E-state index in [0.29, 0.717) is 37.2 Å². The molecule has 4 aromatic rings. The van der Waals surface area contributed by atoms with Crippen LogP contribution in [0.3, 0.4) is 0 Å². The second-order valence-electron chi connectivity index (χ2n) is 9.41. The van der Waals surface area contributed by atoms with Gasteiger partial charge in [0, 0.05) is 61.7 Å². The highest BCUT2D eigenvalue weighted by Gasteiger charge is 2.38. The number of aryl methyl sites for hydroxylation is 1. The van der Waals surface area contributed by atoms with E-state index in [1.807, 2.05) is 36.4 Å². The summed E-state index contributed by atoms with van der Waals surface area (Å²) in [4.78, 5) is 34.2. The second-order valence-corrected chi connectivity index (χ2v) is 9.41. The lowest BCUT2D eigenvalue weighted by Crippen LogP contribution is -2.38. The van der Waals surface area contributed by atoms with E-state index in [9.17, 15) is 22.8 Å². The molecule has 0 saturated carbocycles. The average molecular weight is 522 g/mol. The Morgan fingerprint density at radius 1 is 1.00 bits per heavy atom. The Kier molecular flexibility index (Phi) is 6.79. The number of nitrogens with zero attached hydrogens (tertiary/aromatic N) is 3. The van der Waals surface area contributed by atoms with E-state index < -0.39 is 17.6 Å². The molecule has 7 nitrogen and oxygen atoms in total. The van der Waals surface area contributed by atoms with E-state index in [-0.39, 0.29) is 17.4 Å². The smallest absolute Gasteiger partial charge is 0.356 e. The summed E-state index contributed by atoms with van der Waals surface area (Å²) in [6.07, 6.45) is 2.29. The van der Waals surface area contributed by atoms with Gasteiger partial charge in [0.2, 0.25) is 0 Å². The number of imidazole rings is 1. The van der Waals surface area contributed by atoms with E-state index in [4.69, 9.17) is 0 Å². The van der Waals surface area contributed by atoms with Gasteiger partial charge in [0.25, 0.3) is 11.8 Å². The Morgan fingerprint density at radius 2 is 1.68 bits per heavy atom. The maximum Gasteiger partial charge on any atom is 0.418 e. The first-order valence-corrected chi connectivity index (χ1v) is 12.2. The fourth-order valence-corrected chi connectivity index (χ4v) is 4.81. The topological polar surface area (TPSA) is 83.0 Å². The molecule has 1 aliphatic heterocycles. The number of carbonyl (C=O) groups is 2. The minimum absolute atomic E-state index is 0.177. The van der Waals surface area contributed by atoms with Crippen molar-refractivity contribution < 1.29 is 22.8 Å². The number of hydrogen-bond acceptors (Lipinski definition) is 3. The average Bonchev–Trinajstić information content (AvgIpc) is 3.59. The molecule has 1 saturated heterocycles. The second kappa shape index (κ2) is 10.2. The molecule has 10 heteroatoms. The van der Waals surface area contributed by atoms with E-state index in [0.717, 1.165) is 23.1 Å². The van der Waals surface area contributed by atoms with Crippen LogP contribution < -0.4 is 5.32 Å². The number of piperidine rings is 1. The Labute approximate surface area is 217 Å². The number of alkyl halides is 3. The molecule has 0 radical (unpaired) electrons. The maximum atomic E-state index is 13.3. The molecule has 3 heterocycles. The molecular formula is C28H26F3N5O2. The maximum absolute atomic E-state index is 13.3. The third-order valence-corrected chi connectivity index (χ3v) is 6.83. The molecule has 0 spiro atoms. The van der Waals surface area contributed by atoms with Gasteiger partial charge in [-0.1, -0.05) is 24.3 Å². The van der Waals surface area contributed by atoms with Crippen molar-refractivity contribution in [2.24, 2.45) is 7.05 Å². The molecule has 2 aromatic heterocycles. The molecule has 196 valence electrons. The van der Waals surface area contributed by atoms with Gasteiger partial charge in [-0.25, -0.2) is 4.98 Å². The van der Waals surface area contributed by atoms with E-state index in [2.05, 4.69) is 15.3 Å². The zero-order valence-corrected chi connectivity index (χ0v) is 20.6. The summed E-state index contributed by atoms with van der Waals surface area (Å²) < 4.78 is 41.3. The van der Waals surface area contributed by atoms with Crippen LogP contribution >= 0.6 is 0 Å². The van der Waals surface area contributed by atoms with Crippen molar-refractivity contribution in [3.8, 4) is 11.4 Å². The number of benzene rings is 2. The van der Waals surface area contributed by atoms with E-state index in [1.54, 1.807) is 24.5 Å². The molecule has 1 aliphatic rings. The number of H-pyrrole nitrogens is 1. The molecule has 5 rings (SSSR count). The predicted molar refractivity (Wildman–Crippen MR) is 137 cm³/mol. The van der Waals surface area contributed by atoms with Gasteiger partial charge in [0.1, 0.15) is 5.82 Å². The summed E-state index contributed by atoms with van der Waals surface area (Å²) in [5, 5.41) is 2.89. The van der Waals surface area contributed by atoms with Crippen molar-refractivity contribution in [3.63, 3.8) is 0 Å². The minimum atomic E-state index is -4.58. The quantitative estimate of drug-likeness (QED) is 0.353. The zero-order valence-electron chi connectivity index (χ0n) is 20.6. The lowest BCUT2D eigenvalue weighted by molar-refractivity contribution is -0.138. The molecular weight excluding hydrogens is 495 g/mol. The molecule has 38 heavy (non-hydrogen) atoms. The highest BCUT2D eigenvalue weighted by Crippen LogP contribution is 2.35. The van der Waals surface area contributed by atoms with Crippen LogP contribution in [0, 0.1) is 0 Å². The van der Waals surface area contributed by atoms with Gasteiger partial charge in [-0.2, -0.15) is 13.2 Å². The van der Waals surface area contributed by atoms with E-state index in [1.165, 1.54) is 22.7 Å². The number of aromatic amines is 1. The van der Waals surface area contributed by atoms with Crippen molar-refractivity contribution in [2.45, 2.75) is 24.9 Å². The first-order chi connectivity index (χ1) is 18.2. The van der Waals surface area contributed by atoms with Gasteiger partial charge in [-0.3, -0.25) is 9.59 Å².